The number of hydrogen-bond donors (Lipinski definition) is 1. The molecule has 2 aromatic heterocycles. The normalized spacial score (nSPS) is 10.5. The van der Waals surface area contributed by atoms with Gasteiger partial charge in [0.25, 0.3) is 0 Å². The van der Waals surface area contributed by atoms with Crippen molar-refractivity contribution in [1.29, 1.82) is 0 Å². The van der Waals surface area contributed by atoms with E-state index in [2.05, 4.69) is 51.5 Å². The molecule has 0 amide bonds. The van der Waals surface area contributed by atoms with Gasteiger partial charge in [0.1, 0.15) is 17.5 Å². The highest BCUT2D eigenvalue weighted by atomic mass is 32.1. The summed E-state index contributed by atoms with van der Waals surface area (Å²) < 4.78 is 0. The van der Waals surface area contributed by atoms with E-state index in [-0.39, 0.29) is 0 Å². The first kappa shape index (κ1) is 13.8. The molecule has 102 valence electrons. The van der Waals surface area contributed by atoms with Crippen LogP contribution in [0.25, 0.3) is 0 Å². The number of rotatable bonds is 6. The van der Waals surface area contributed by atoms with Crippen molar-refractivity contribution >= 4 is 23.0 Å². The van der Waals surface area contributed by atoms with Crippen LogP contribution in [-0.2, 0) is 6.54 Å². The topological polar surface area (TPSA) is 41.0 Å². The molecule has 5 heteroatoms. The Labute approximate surface area is 118 Å². The average molecular weight is 276 g/mol. The van der Waals surface area contributed by atoms with Gasteiger partial charge in [0.05, 0.1) is 6.54 Å². The summed E-state index contributed by atoms with van der Waals surface area (Å²) in [7, 11) is 0. The van der Waals surface area contributed by atoms with Crippen LogP contribution in [-0.4, -0.2) is 23.1 Å². The summed E-state index contributed by atoms with van der Waals surface area (Å²) in [6.07, 6.45) is 0. The molecule has 1 N–H and O–H groups in total. The Balaban J connectivity index is 2.21. The molecule has 2 heterocycles. The largest absolute Gasteiger partial charge is 0.370 e. The van der Waals surface area contributed by atoms with Crippen molar-refractivity contribution < 1.29 is 0 Å². The number of nitrogens with one attached hydrogen (secondary N) is 1. The van der Waals surface area contributed by atoms with Crippen molar-refractivity contribution in [2.45, 2.75) is 27.3 Å². The molecule has 0 aromatic carbocycles. The highest BCUT2D eigenvalue weighted by Gasteiger charge is 2.10. The van der Waals surface area contributed by atoms with Crippen molar-refractivity contribution in [3.05, 3.63) is 34.3 Å². The molecule has 0 saturated heterocycles. The molecule has 2 rings (SSSR count). The standard InChI is InChI=1S/C14H20N4S/c1-4-15-13-9-14(17-11(3)16-13)18(5-2)10-12-7-6-8-19-12/h6-9H,4-5,10H2,1-3H3,(H,15,16,17). The van der Waals surface area contributed by atoms with E-state index >= 15 is 0 Å². The Kier molecular flexibility index (Phi) is 4.74. The maximum absolute atomic E-state index is 4.55. The molecule has 19 heavy (non-hydrogen) atoms. The van der Waals surface area contributed by atoms with E-state index in [1.807, 2.05) is 13.0 Å². The van der Waals surface area contributed by atoms with E-state index in [9.17, 15) is 0 Å². The Morgan fingerprint density at radius 1 is 1.32 bits per heavy atom. The van der Waals surface area contributed by atoms with Crippen LogP contribution in [0, 0.1) is 6.92 Å². The smallest absolute Gasteiger partial charge is 0.134 e. The van der Waals surface area contributed by atoms with E-state index in [4.69, 9.17) is 0 Å². The highest BCUT2D eigenvalue weighted by molar-refractivity contribution is 7.09. The van der Waals surface area contributed by atoms with E-state index in [0.717, 1.165) is 37.1 Å². The van der Waals surface area contributed by atoms with Crippen LogP contribution in [0.5, 0.6) is 0 Å². The lowest BCUT2D eigenvalue weighted by Crippen LogP contribution is -2.23. The lowest BCUT2D eigenvalue weighted by Gasteiger charge is -2.22. The molecule has 0 atom stereocenters. The summed E-state index contributed by atoms with van der Waals surface area (Å²) in [5.41, 5.74) is 0. The van der Waals surface area contributed by atoms with Gasteiger partial charge in [0.2, 0.25) is 0 Å². The fourth-order valence-electron chi connectivity index (χ4n) is 1.93. The summed E-state index contributed by atoms with van der Waals surface area (Å²) in [5, 5.41) is 5.36. The van der Waals surface area contributed by atoms with Gasteiger partial charge in [-0.05, 0) is 32.2 Å². The zero-order chi connectivity index (χ0) is 13.7. The third-order valence-corrected chi connectivity index (χ3v) is 3.68. The molecule has 0 radical (unpaired) electrons. The summed E-state index contributed by atoms with van der Waals surface area (Å²) in [6.45, 7) is 8.85. The second kappa shape index (κ2) is 6.52. The summed E-state index contributed by atoms with van der Waals surface area (Å²) in [4.78, 5) is 12.6. The predicted octanol–water partition coefficient (Wildman–Crippen LogP) is 3.30. The van der Waals surface area contributed by atoms with Gasteiger partial charge in [-0.15, -0.1) is 11.3 Å². The molecule has 0 bridgehead atoms. The molecule has 2 aromatic rings. The quantitative estimate of drug-likeness (QED) is 0.879. The van der Waals surface area contributed by atoms with Gasteiger partial charge < -0.3 is 10.2 Å². The van der Waals surface area contributed by atoms with Crippen molar-refractivity contribution in [3.63, 3.8) is 0 Å². The van der Waals surface area contributed by atoms with Crippen LogP contribution in [0.15, 0.2) is 23.6 Å². The van der Waals surface area contributed by atoms with Crippen molar-refractivity contribution in [2.24, 2.45) is 0 Å². The Bertz CT molecular complexity index is 510. The number of anilines is 2. The fraction of sp³-hybridized carbons (Fsp3) is 0.429. The number of hydrogen-bond acceptors (Lipinski definition) is 5. The van der Waals surface area contributed by atoms with Crippen molar-refractivity contribution in [1.82, 2.24) is 9.97 Å². The van der Waals surface area contributed by atoms with Gasteiger partial charge in [0, 0.05) is 24.0 Å². The molecule has 4 nitrogen and oxygen atoms in total. The van der Waals surface area contributed by atoms with Crippen LogP contribution in [0.3, 0.4) is 0 Å². The Hall–Kier alpha value is -1.62. The molecular formula is C14H20N4S. The van der Waals surface area contributed by atoms with Crippen LogP contribution in [0.2, 0.25) is 0 Å². The summed E-state index contributed by atoms with van der Waals surface area (Å²) in [5.74, 6) is 2.69. The van der Waals surface area contributed by atoms with Crippen molar-refractivity contribution in [2.75, 3.05) is 23.3 Å². The molecule has 0 aliphatic heterocycles. The molecule has 0 unspecified atom stereocenters. The van der Waals surface area contributed by atoms with E-state index in [0.29, 0.717) is 0 Å². The maximum Gasteiger partial charge on any atom is 0.134 e. The number of aromatic nitrogens is 2. The van der Waals surface area contributed by atoms with Crippen LogP contribution in [0.4, 0.5) is 11.6 Å². The summed E-state index contributed by atoms with van der Waals surface area (Å²) >= 11 is 1.78. The molecule has 0 fully saturated rings. The van der Waals surface area contributed by atoms with Crippen molar-refractivity contribution in [3.8, 4) is 0 Å². The van der Waals surface area contributed by atoms with Gasteiger partial charge in [-0.25, -0.2) is 9.97 Å². The number of nitrogens with zero attached hydrogens (tertiary/aromatic N) is 3. The lowest BCUT2D eigenvalue weighted by molar-refractivity contribution is 0.813. The second-order valence-electron chi connectivity index (χ2n) is 4.28. The van der Waals surface area contributed by atoms with E-state index in [1.54, 1.807) is 11.3 Å². The SMILES string of the molecule is CCNc1cc(N(CC)Cc2cccs2)nc(C)n1. The second-order valence-corrected chi connectivity index (χ2v) is 5.31. The minimum atomic E-state index is 0.804. The number of aryl methyl sites for hydroxylation is 1. The first-order valence-corrected chi connectivity index (χ1v) is 7.47. The Morgan fingerprint density at radius 2 is 2.16 bits per heavy atom. The molecule has 0 aliphatic carbocycles. The first-order valence-electron chi connectivity index (χ1n) is 6.59. The lowest BCUT2D eigenvalue weighted by atomic mass is 10.3. The first-order chi connectivity index (χ1) is 9.22. The minimum Gasteiger partial charge on any atom is -0.370 e. The third kappa shape index (κ3) is 3.67. The summed E-state index contributed by atoms with van der Waals surface area (Å²) in [6, 6.07) is 6.27. The molecule has 0 saturated carbocycles. The minimum absolute atomic E-state index is 0.804. The van der Waals surface area contributed by atoms with E-state index in [1.165, 1.54) is 4.88 Å². The molecule has 0 aliphatic rings. The van der Waals surface area contributed by atoms with Gasteiger partial charge in [-0.1, -0.05) is 6.07 Å². The zero-order valence-electron chi connectivity index (χ0n) is 11.7. The molecule has 0 spiro atoms. The van der Waals surface area contributed by atoms with Crippen LogP contribution in [0.1, 0.15) is 24.5 Å². The van der Waals surface area contributed by atoms with Gasteiger partial charge in [-0.2, -0.15) is 0 Å². The van der Waals surface area contributed by atoms with E-state index < -0.39 is 0 Å². The van der Waals surface area contributed by atoms with Gasteiger partial charge in [-0.3, -0.25) is 0 Å². The van der Waals surface area contributed by atoms with Crippen LogP contribution < -0.4 is 10.2 Å². The van der Waals surface area contributed by atoms with Crippen LogP contribution >= 0.6 is 11.3 Å². The highest BCUT2D eigenvalue weighted by Crippen LogP contribution is 2.20. The predicted molar refractivity (Wildman–Crippen MR) is 82.0 cm³/mol. The monoisotopic (exact) mass is 276 g/mol. The van der Waals surface area contributed by atoms with Gasteiger partial charge in [0.15, 0.2) is 0 Å². The molecular weight excluding hydrogens is 256 g/mol. The third-order valence-electron chi connectivity index (χ3n) is 2.81. The van der Waals surface area contributed by atoms with Gasteiger partial charge >= 0.3 is 0 Å². The fourth-order valence-corrected chi connectivity index (χ4v) is 2.65. The maximum atomic E-state index is 4.55. The number of thiophene rings is 1. The zero-order valence-corrected chi connectivity index (χ0v) is 12.5. The Morgan fingerprint density at radius 3 is 2.79 bits per heavy atom. The average Bonchev–Trinajstić information content (AvgIpc) is 2.88.